The molecule has 2 fully saturated rings. The van der Waals surface area contributed by atoms with Crippen LogP contribution >= 0.6 is 0 Å². The van der Waals surface area contributed by atoms with Gasteiger partial charge in [-0.15, -0.1) is 0 Å². The normalized spacial score (nSPS) is 21.6. The van der Waals surface area contributed by atoms with E-state index in [1.165, 1.54) is 17.1 Å². The first-order valence-corrected chi connectivity index (χ1v) is 6.87. The van der Waals surface area contributed by atoms with Crippen LogP contribution in [0.5, 0.6) is 0 Å². The number of rotatable bonds is 5. The van der Waals surface area contributed by atoms with Gasteiger partial charge in [-0.1, -0.05) is 0 Å². The van der Waals surface area contributed by atoms with Crippen molar-refractivity contribution in [2.75, 3.05) is 11.9 Å². The highest BCUT2D eigenvalue weighted by atomic mass is 16.4. The van der Waals surface area contributed by atoms with Gasteiger partial charge in [0.05, 0.1) is 17.8 Å². The summed E-state index contributed by atoms with van der Waals surface area (Å²) in [6.07, 6.45) is 5.16. The van der Waals surface area contributed by atoms with Gasteiger partial charge >= 0.3 is 5.97 Å². The SMILES string of the molecule is O=C(O)Cn1cc(NC(=O)C2CC(=O)N(C3CC3)C2)cn1. The number of aromatic nitrogens is 2. The smallest absolute Gasteiger partial charge is 0.325 e. The first kappa shape index (κ1) is 13.6. The van der Waals surface area contributed by atoms with E-state index in [1.54, 1.807) is 4.90 Å². The predicted octanol–water partition coefficient (Wildman–Crippen LogP) is -0.0829. The van der Waals surface area contributed by atoms with E-state index >= 15 is 0 Å². The highest BCUT2D eigenvalue weighted by Crippen LogP contribution is 2.32. The summed E-state index contributed by atoms with van der Waals surface area (Å²) in [7, 11) is 0. The molecule has 1 saturated carbocycles. The molecule has 8 nitrogen and oxygen atoms in total. The Hall–Kier alpha value is -2.38. The van der Waals surface area contributed by atoms with Crippen LogP contribution in [0.3, 0.4) is 0 Å². The lowest BCUT2D eigenvalue weighted by Crippen LogP contribution is -2.29. The molecule has 1 aromatic rings. The largest absolute Gasteiger partial charge is 0.480 e. The second-order valence-corrected chi connectivity index (χ2v) is 5.49. The molecule has 1 atom stereocenters. The molecule has 2 aliphatic rings. The number of hydrogen-bond donors (Lipinski definition) is 2. The molecule has 1 unspecified atom stereocenters. The topological polar surface area (TPSA) is 105 Å². The Balaban J connectivity index is 1.57. The van der Waals surface area contributed by atoms with E-state index in [-0.39, 0.29) is 30.7 Å². The number of hydrogen-bond acceptors (Lipinski definition) is 4. The molecule has 0 radical (unpaired) electrons. The second kappa shape index (κ2) is 5.19. The lowest BCUT2D eigenvalue weighted by Gasteiger charge is -2.14. The molecule has 0 bridgehead atoms. The van der Waals surface area contributed by atoms with Gasteiger partial charge in [0.15, 0.2) is 0 Å². The molecule has 112 valence electrons. The van der Waals surface area contributed by atoms with E-state index in [2.05, 4.69) is 10.4 Å². The number of carboxylic acid groups (broad SMARTS) is 1. The maximum atomic E-state index is 12.1. The van der Waals surface area contributed by atoms with Crippen LogP contribution in [0.15, 0.2) is 12.4 Å². The third-order valence-electron chi connectivity index (χ3n) is 3.71. The third-order valence-corrected chi connectivity index (χ3v) is 3.71. The molecule has 0 spiro atoms. The lowest BCUT2D eigenvalue weighted by molar-refractivity contribution is -0.138. The summed E-state index contributed by atoms with van der Waals surface area (Å²) in [5.74, 6) is -1.53. The number of amides is 2. The molecule has 1 saturated heterocycles. The standard InChI is InChI=1S/C13H16N4O4/c18-11-3-8(5-17(11)10-1-2-10)13(21)15-9-4-14-16(6-9)7-12(19)20/h4,6,8,10H,1-3,5,7H2,(H,15,21)(H,19,20). The molecule has 8 heteroatoms. The Labute approximate surface area is 120 Å². The van der Waals surface area contributed by atoms with Crippen LogP contribution in [0.2, 0.25) is 0 Å². The van der Waals surface area contributed by atoms with Crippen molar-refractivity contribution in [3.8, 4) is 0 Å². The average molecular weight is 292 g/mol. The minimum Gasteiger partial charge on any atom is -0.480 e. The molecule has 1 aliphatic carbocycles. The van der Waals surface area contributed by atoms with Crippen molar-refractivity contribution in [1.29, 1.82) is 0 Å². The minimum absolute atomic E-state index is 0.0409. The van der Waals surface area contributed by atoms with E-state index in [0.29, 0.717) is 18.3 Å². The fourth-order valence-corrected chi connectivity index (χ4v) is 2.54. The quantitative estimate of drug-likeness (QED) is 0.789. The Morgan fingerprint density at radius 1 is 1.43 bits per heavy atom. The van der Waals surface area contributed by atoms with E-state index in [1.807, 2.05) is 0 Å². The van der Waals surface area contributed by atoms with Gasteiger partial charge in [0.25, 0.3) is 0 Å². The van der Waals surface area contributed by atoms with Crippen molar-refractivity contribution < 1.29 is 19.5 Å². The average Bonchev–Trinajstić information content (AvgIpc) is 3.05. The first-order valence-electron chi connectivity index (χ1n) is 6.87. The van der Waals surface area contributed by atoms with E-state index < -0.39 is 5.97 Å². The number of anilines is 1. The van der Waals surface area contributed by atoms with E-state index in [0.717, 1.165) is 12.8 Å². The zero-order valence-electron chi connectivity index (χ0n) is 11.4. The number of carbonyl (C=O) groups excluding carboxylic acids is 2. The molecule has 1 aromatic heterocycles. The Bertz CT molecular complexity index is 593. The number of likely N-dealkylation sites (tertiary alicyclic amines) is 1. The fourth-order valence-electron chi connectivity index (χ4n) is 2.54. The number of carbonyl (C=O) groups is 3. The molecular weight excluding hydrogens is 276 g/mol. The summed E-state index contributed by atoms with van der Waals surface area (Å²) in [6.45, 7) is 0.214. The van der Waals surface area contributed by atoms with Crippen LogP contribution < -0.4 is 5.32 Å². The summed E-state index contributed by atoms with van der Waals surface area (Å²) in [4.78, 5) is 36.3. The summed E-state index contributed by atoms with van der Waals surface area (Å²) in [5.41, 5.74) is 0.443. The Kier molecular flexibility index (Phi) is 3.36. The molecule has 2 N–H and O–H groups in total. The maximum absolute atomic E-state index is 12.1. The molecule has 1 aliphatic heterocycles. The lowest BCUT2D eigenvalue weighted by atomic mass is 10.1. The number of carboxylic acids is 1. The van der Waals surface area contributed by atoms with Gasteiger partial charge in [0.2, 0.25) is 11.8 Å². The summed E-state index contributed by atoms with van der Waals surface area (Å²) < 4.78 is 1.23. The fraction of sp³-hybridized carbons (Fsp3) is 0.538. The highest BCUT2D eigenvalue weighted by molar-refractivity contribution is 5.97. The van der Waals surface area contributed by atoms with Crippen LogP contribution in [0, 0.1) is 5.92 Å². The predicted molar refractivity (Wildman–Crippen MR) is 71.3 cm³/mol. The van der Waals surface area contributed by atoms with Crippen LogP contribution in [-0.4, -0.2) is 50.2 Å². The van der Waals surface area contributed by atoms with Gasteiger partial charge in [0, 0.05) is 25.2 Å². The molecule has 3 rings (SSSR count). The summed E-state index contributed by atoms with van der Waals surface area (Å²) in [5, 5.41) is 15.2. The molecule has 2 amide bonds. The Morgan fingerprint density at radius 2 is 2.19 bits per heavy atom. The van der Waals surface area contributed by atoms with Crippen molar-refractivity contribution in [1.82, 2.24) is 14.7 Å². The minimum atomic E-state index is -1.00. The van der Waals surface area contributed by atoms with Gasteiger partial charge < -0.3 is 15.3 Å². The monoisotopic (exact) mass is 292 g/mol. The van der Waals surface area contributed by atoms with Gasteiger partial charge in [-0.3, -0.25) is 19.1 Å². The third kappa shape index (κ3) is 3.04. The van der Waals surface area contributed by atoms with E-state index in [4.69, 9.17) is 5.11 Å². The summed E-state index contributed by atoms with van der Waals surface area (Å²) >= 11 is 0. The van der Waals surface area contributed by atoms with Crippen molar-refractivity contribution in [2.24, 2.45) is 5.92 Å². The van der Waals surface area contributed by atoms with Gasteiger partial charge in [-0.05, 0) is 12.8 Å². The van der Waals surface area contributed by atoms with Gasteiger partial charge in [0.1, 0.15) is 6.54 Å². The van der Waals surface area contributed by atoms with Crippen molar-refractivity contribution in [2.45, 2.75) is 31.8 Å². The molecule has 0 aromatic carbocycles. The molecular formula is C13H16N4O4. The van der Waals surface area contributed by atoms with Crippen molar-refractivity contribution in [3.05, 3.63) is 12.4 Å². The maximum Gasteiger partial charge on any atom is 0.325 e. The van der Waals surface area contributed by atoms with Gasteiger partial charge in [-0.2, -0.15) is 5.10 Å². The van der Waals surface area contributed by atoms with Gasteiger partial charge in [-0.25, -0.2) is 0 Å². The summed E-state index contributed by atoms with van der Waals surface area (Å²) in [6, 6.07) is 0.327. The van der Waals surface area contributed by atoms with Crippen molar-refractivity contribution in [3.63, 3.8) is 0 Å². The number of nitrogens with zero attached hydrogens (tertiary/aromatic N) is 3. The second-order valence-electron chi connectivity index (χ2n) is 5.49. The van der Waals surface area contributed by atoms with Crippen LogP contribution in [0.4, 0.5) is 5.69 Å². The number of aliphatic carboxylic acids is 1. The van der Waals surface area contributed by atoms with Crippen LogP contribution in [-0.2, 0) is 20.9 Å². The molecule has 2 heterocycles. The Morgan fingerprint density at radius 3 is 2.86 bits per heavy atom. The first-order chi connectivity index (χ1) is 10.0. The highest BCUT2D eigenvalue weighted by Gasteiger charge is 2.41. The zero-order valence-corrected chi connectivity index (χ0v) is 11.4. The zero-order chi connectivity index (χ0) is 15.0. The number of nitrogens with one attached hydrogen (secondary N) is 1. The van der Waals surface area contributed by atoms with E-state index in [9.17, 15) is 14.4 Å². The van der Waals surface area contributed by atoms with Crippen LogP contribution in [0.1, 0.15) is 19.3 Å². The molecule has 21 heavy (non-hydrogen) atoms. The van der Waals surface area contributed by atoms with Crippen LogP contribution in [0.25, 0.3) is 0 Å². The van der Waals surface area contributed by atoms with Crippen molar-refractivity contribution >= 4 is 23.5 Å².